The third kappa shape index (κ3) is 4.31. The molecular weight excluding hydrogens is 216 g/mol. The van der Waals surface area contributed by atoms with Crippen LogP contribution in [0.2, 0.25) is 0 Å². The lowest BCUT2D eigenvalue weighted by Crippen LogP contribution is -2.08. The first-order valence-electron chi connectivity index (χ1n) is 5.53. The van der Waals surface area contributed by atoms with Crippen LogP contribution in [0, 0.1) is 6.92 Å². The van der Waals surface area contributed by atoms with Crippen LogP contribution in [0.1, 0.15) is 25.0 Å². The second kappa shape index (κ2) is 6.09. The van der Waals surface area contributed by atoms with Crippen molar-refractivity contribution in [2.24, 2.45) is 0 Å². The van der Waals surface area contributed by atoms with Crippen LogP contribution < -0.4 is 4.74 Å². The van der Waals surface area contributed by atoms with Gasteiger partial charge in [-0.05, 0) is 43.2 Å². The molecule has 0 spiro atoms. The van der Waals surface area contributed by atoms with Crippen molar-refractivity contribution in [2.45, 2.75) is 26.9 Å². The summed E-state index contributed by atoms with van der Waals surface area (Å²) in [7, 11) is 1.65. The number of hydrogen-bond acceptors (Lipinski definition) is 3. The molecule has 0 saturated heterocycles. The number of hydrogen-bond donors (Lipinski definition) is 0. The van der Waals surface area contributed by atoms with Gasteiger partial charge in [-0.25, -0.2) is 0 Å². The van der Waals surface area contributed by atoms with Crippen LogP contribution >= 0.6 is 0 Å². The van der Waals surface area contributed by atoms with Gasteiger partial charge in [-0.2, -0.15) is 0 Å². The maximum Gasteiger partial charge on any atom is 0.303 e. The van der Waals surface area contributed by atoms with Gasteiger partial charge in [-0.3, -0.25) is 4.79 Å². The summed E-state index contributed by atoms with van der Waals surface area (Å²) in [5.74, 6) is 0.571. The van der Waals surface area contributed by atoms with Crippen LogP contribution in [-0.4, -0.2) is 19.2 Å². The molecule has 0 heterocycles. The molecule has 0 radical (unpaired) electrons. The normalized spacial score (nSPS) is 12.5. The van der Waals surface area contributed by atoms with Gasteiger partial charge in [0.05, 0.1) is 7.11 Å². The third-order valence-corrected chi connectivity index (χ3v) is 2.38. The lowest BCUT2D eigenvalue weighted by Gasteiger charge is -2.07. The topological polar surface area (TPSA) is 35.5 Å². The number of benzene rings is 1. The van der Waals surface area contributed by atoms with Crippen LogP contribution in [0.4, 0.5) is 0 Å². The predicted molar refractivity (Wildman–Crippen MR) is 68.0 cm³/mol. The molecule has 1 rings (SSSR count). The molecule has 0 aliphatic rings. The fraction of sp³-hybridized carbons (Fsp3) is 0.357. The largest absolute Gasteiger partial charge is 0.497 e. The highest BCUT2D eigenvalue weighted by molar-refractivity contribution is 5.66. The van der Waals surface area contributed by atoms with Gasteiger partial charge in [0.15, 0.2) is 0 Å². The third-order valence-electron chi connectivity index (χ3n) is 2.38. The molecular formula is C14H18O3. The summed E-state index contributed by atoms with van der Waals surface area (Å²) < 4.78 is 10.1. The Morgan fingerprint density at radius 2 is 2.12 bits per heavy atom. The van der Waals surface area contributed by atoms with Gasteiger partial charge in [0.25, 0.3) is 0 Å². The van der Waals surface area contributed by atoms with E-state index >= 15 is 0 Å². The van der Waals surface area contributed by atoms with Gasteiger partial charge in [0, 0.05) is 6.92 Å². The standard InChI is InChI=1S/C14H18O3/c1-10-9-14(16-4)8-7-13(10)6-5-11(2)17-12(3)15/h5-9,11H,1-4H3/b6-5+/t11-/m0/s1. The highest BCUT2D eigenvalue weighted by Gasteiger charge is 2.01. The number of methoxy groups -OCH3 is 1. The van der Waals surface area contributed by atoms with E-state index in [1.54, 1.807) is 7.11 Å². The van der Waals surface area contributed by atoms with Gasteiger partial charge >= 0.3 is 5.97 Å². The summed E-state index contributed by atoms with van der Waals surface area (Å²) in [6.07, 6.45) is 3.59. The van der Waals surface area contributed by atoms with Gasteiger partial charge in [-0.15, -0.1) is 0 Å². The van der Waals surface area contributed by atoms with Crippen LogP contribution in [0.3, 0.4) is 0 Å². The van der Waals surface area contributed by atoms with E-state index in [2.05, 4.69) is 0 Å². The van der Waals surface area contributed by atoms with Crippen molar-refractivity contribution in [3.63, 3.8) is 0 Å². The van der Waals surface area contributed by atoms with Crippen LogP contribution in [0.15, 0.2) is 24.3 Å². The Hall–Kier alpha value is -1.77. The van der Waals surface area contributed by atoms with E-state index in [-0.39, 0.29) is 12.1 Å². The smallest absolute Gasteiger partial charge is 0.303 e. The second-order valence-corrected chi connectivity index (χ2v) is 3.90. The maximum absolute atomic E-state index is 10.7. The van der Waals surface area contributed by atoms with Crippen molar-refractivity contribution in [3.8, 4) is 5.75 Å². The molecule has 0 aromatic heterocycles. The molecule has 0 unspecified atom stereocenters. The van der Waals surface area contributed by atoms with E-state index in [0.717, 1.165) is 16.9 Å². The average molecular weight is 234 g/mol. The molecule has 0 saturated carbocycles. The van der Waals surface area contributed by atoms with Gasteiger partial charge in [0.2, 0.25) is 0 Å². The van der Waals surface area contributed by atoms with Crippen molar-refractivity contribution < 1.29 is 14.3 Å². The Labute approximate surface area is 102 Å². The van der Waals surface area contributed by atoms with E-state index in [1.807, 2.05) is 44.2 Å². The van der Waals surface area contributed by atoms with Crippen molar-refractivity contribution in [2.75, 3.05) is 7.11 Å². The highest BCUT2D eigenvalue weighted by atomic mass is 16.5. The molecule has 3 nitrogen and oxygen atoms in total. The monoisotopic (exact) mass is 234 g/mol. The number of ether oxygens (including phenoxy) is 2. The number of carbonyl (C=O) groups is 1. The molecule has 0 N–H and O–H groups in total. The first-order valence-corrected chi connectivity index (χ1v) is 5.53. The van der Waals surface area contributed by atoms with E-state index in [0.29, 0.717) is 0 Å². The molecule has 92 valence electrons. The summed E-state index contributed by atoms with van der Waals surface area (Å²) in [6.45, 7) is 5.25. The summed E-state index contributed by atoms with van der Waals surface area (Å²) >= 11 is 0. The molecule has 0 bridgehead atoms. The molecule has 0 amide bonds. The summed E-state index contributed by atoms with van der Waals surface area (Å²) in [6, 6.07) is 5.85. The first-order chi connectivity index (χ1) is 8.02. The zero-order valence-corrected chi connectivity index (χ0v) is 10.7. The first kappa shape index (κ1) is 13.3. The second-order valence-electron chi connectivity index (χ2n) is 3.90. The van der Waals surface area contributed by atoms with Crippen LogP contribution in [-0.2, 0) is 9.53 Å². The number of rotatable bonds is 4. The van der Waals surface area contributed by atoms with Crippen LogP contribution in [0.25, 0.3) is 6.08 Å². The van der Waals surface area contributed by atoms with Gasteiger partial charge in [0.1, 0.15) is 11.9 Å². The van der Waals surface area contributed by atoms with Gasteiger partial charge < -0.3 is 9.47 Å². The molecule has 1 atom stereocenters. The minimum Gasteiger partial charge on any atom is -0.497 e. The lowest BCUT2D eigenvalue weighted by atomic mass is 10.1. The average Bonchev–Trinajstić information content (AvgIpc) is 2.26. The molecule has 0 aliphatic carbocycles. The Morgan fingerprint density at radius 3 is 2.65 bits per heavy atom. The number of esters is 1. The molecule has 1 aromatic rings. The minimum absolute atomic E-state index is 0.214. The number of carbonyl (C=O) groups excluding carboxylic acids is 1. The van der Waals surface area contributed by atoms with E-state index in [1.165, 1.54) is 6.92 Å². The number of aryl methyl sites for hydroxylation is 1. The van der Waals surface area contributed by atoms with Gasteiger partial charge in [-0.1, -0.05) is 12.1 Å². The Bertz CT molecular complexity index is 421. The van der Waals surface area contributed by atoms with E-state index in [9.17, 15) is 4.79 Å². The Kier molecular flexibility index (Phi) is 4.76. The molecule has 0 fully saturated rings. The lowest BCUT2D eigenvalue weighted by molar-refractivity contribution is -0.143. The summed E-state index contributed by atoms with van der Waals surface area (Å²) in [4.78, 5) is 10.7. The quantitative estimate of drug-likeness (QED) is 0.751. The maximum atomic E-state index is 10.7. The van der Waals surface area contributed by atoms with E-state index < -0.39 is 0 Å². The Balaban J connectivity index is 2.74. The van der Waals surface area contributed by atoms with Crippen LogP contribution in [0.5, 0.6) is 5.75 Å². The SMILES string of the molecule is COc1ccc(/C=C/[C@H](C)OC(C)=O)c(C)c1. The molecule has 0 aliphatic heterocycles. The minimum atomic E-state index is -0.270. The van der Waals surface area contributed by atoms with Crippen molar-refractivity contribution >= 4 is 12.0 Å². The predicted octanol–water partition coefficient (Wildman–Crippen LogP) is 2.97. The highest BCUT2D eigenvalue weighted by Crippen LogP contribution is 2.18. The summed E-state index contributed by atoms with van der Waals surface area (Å²) in [5, 5.41) is 0. The molecule has 17 heavy (non-hydrogen) atoms. The van der Waals surface area contributed by atoms with E-state index in [4.69, 9.17) is 9.47 Å². The fourth-order valence-electron chi connectivity index (χ4n) is 1.50. The molecule has 1 aromatic carbocycles. The zero-order chi connectivity index (χ0) is 12.8. The Morgan fingerprint density at radius 1 is 1.41 bits per heavy atom. The van der Waals surface area contributed by atoms with Crippen molar-refractivity contribution in [1.82, 2.24) is 0 Å². The summed E-state index contributed by atoms with van der Waals surface area (Å²) in [5.41, 5.74) is 2.21. The van der Waals surface area contributed by atoms with Crippen molar-refractivity contribution in [1.29, 1.82) is 0 Å². The zero-order valence-electron chi connectivity index (χ0n) is 10.7. The van der Waals surface area contributed by atoms with Crippen molar-refractivity contribution in [3.05, 3.63) is 35.4 Å². The fourth-order valence-corrected chi connectivity index (χ4v) is 1.50. The molecule has 3 heteroatoms.